The first-order chi connectivity index (χ1) is 9.63. The lowest BCUT2D eigenvalue weighted by atomic mass is 10.0. The molecule has 0 aliphatic carbocycles. The number of ether oxygens (including phenoxy) is 1. The fourth-order valence-electron chi connectivity index (χ4n) is 2.12. The lowest BCUT2D eigenvalue weighted by molar-refractivity contribution is 0.340. The van der Waals surface area contributed by atoms with Crippen molar-refractivity contribution in [3.8, 4) is 5.75 Å². The molecule has 1 heterocycles. The average Bonchev–Trinajstić information content (AvgIpc) is 2.43. The molecular formula is C15H18N2O2S. The van der Waals surface area contributed by atoms with Crippen LogP contribution in [0.25, 0.3) is 0 Å². The number of hydrogen-bond acceptors (Lipinski definition) is 3. The largest absolute Gasteiger partial charge is 0.494 e. The number of H-pyrrole nitrogens is 2. The zero-order chi connectivity index (χ0) is 14.5. The quantitative estimate of drug-likeness (QED) is 0.832. The molecule has 4 nitrogen and oxygen atoms in total. The molecule has 0 saturated carbocycles. The van der Waals surface area contributed by atoms with Gasteiger partial charge in [-0.2, -0.15) is 0 Å². The number of rotatable bonds is 5. The van der Waals surface area contributed by atoms with Crippen molar-refractivity contribution >= 4 is 12.2 Å². The van der Waals surface area contributed by atoms with E-state index >= 15 is 0 Å². The zero-order valence-corrected chi connectivity index (χ0v) is 12.5. The third-order valence-corrected chi connectivity index (χ3v) is 3.30. The van der Waals surface area contributed by atoms with Gasteiger partial charge in [0.15, 0.2) is 4.77 Å². The molecule has 0 radical (unpaired) electrons. The van der Waals surface area contributed by atoms with Gasteiger partial charge >= 0.3 is 0 Å². The van der Waals surface area contributed by atoms with Gasteiger partial charge in [-0.25, -0.2) is 0 Å². The van der Waals surface area contributed by atoms with Crippen LogP contribution in [0, 0.1) is 4.77 Å². The van der Waals surface area contributed by atoms with Gasteiger partial charge in [0.25, 0.3) is 5.56 Å². The molecule has 0 saturated heterocycles. The van der Waals surface area contributed by atoms with Gasteiger partial charge in [0.1, 0.15) is 5.75 Å². The highest BCUT2D eigenvalue weighted by Gasteiger charge is 2.08. The Balaban J connectivity index is 2.30. The second-order valence-electron chi connectivity index (χ2n) is 4.47. The number of aromatic nitrogens is 2. The molecule has 0 amide bonds. The molecule has 0 unspecified atom stereocenters. The number of aryl methyl sites for hydroxylation is 1. The molecule has 0 aliphatic rings. The van der Waals surface area contributed by atoms with Gasteiger partial charge in [-0.15, -0.1) is 0 Å². The summed E-state index contributed by atoms with van der Waals surface area (Å²) in [6, 6.07) is 7.80. The molecule has 1 aromatic carbocycles. The van der Waals surface area contributed by atoms with Gasteiger partial charge in [-0.3, -0.25) is 9.78 Å². The van der Waals surface area contributed by atoms with Gasteiger partial charge < -0.3 is 9.72 Å². The van der Waals surface area contributed by atoms with Crippen molar-refractivity contribution in [2.45, 2.75) is 26.7 Å². The standard InChI is InChI=1S/C15H18N2O2S/c1-3-13-12(14(18)17-15(20)16-13)9-10-5-7-11(8-6-10)19-4-2/h5-8H,3-4,9H2,1-2H3,(H2,16,17,18,20). The van der Waals surface area contributed by atoms with Crippen LogP contribution in [0.1, 0.15) is 30.7 Å². The van der Waals surface area contributed by atoms with E-state index in [1.165, 1.54) is 0 Å². The maximum Gasteiger partial charge on any atom is 0.255 e. The van der Waals surface area contributed by atoms with E-state index < -0.39 is 0 Å². The number of aromatic amines is 2. The highest BCUT2D eigenvalue weighted by atomic mass is 32.1. The van der Waals surface area contributed by atoms with Gasteiger partial charge in [-0.1, -0.05) is 19.1 Å². The van der Waals surface area contributed by atoms with Crippen LogP contribution in [-0.2, 0) is 12.8 Å². The fraction of sp³-hybridized carbons (Fsp3) is 0.333. The van der Waals surface area contributed by atoms with Crippen molar-refractivity contribution in [1.82, 2.24) is 9.97 Å². The molecule has 106 valence electrons. The third-order valence-electron chi connectivity index (χ3n) is 3.10. The van der Waals surface area contributed by atoms with Crippen LogP contribution in [0.3, 0.4) is 0 Å². The Morgan fingerprint density at radius 2 is 1.85 bits per heavy atom. The van der Waals surface area contributed by atoms with Crippen LogP contribution in [0.15, 0.2) is 29.1 Å². The summed E-state index contributed by atoms with van der Waals surface area (Å²) in [4.78, 5) is 17.7. The molecule has 0 aliphatic heterocycles. The molecule has 0 atom stereocenters. The fourth-order valence-corrected chi connectivity index (χ4v) is 2.34. The molecule has 2 aromatic rings. The number of nitrogens with one attached hydrogen (secondary N) is 2. The molecule has 20 heavy (non-hydrogen) atoms. The van der Waals surface area contributed by atoms with Crippen molar-refractivity contribution in [3.63, 3.8) is 0 Å². The Hall–Kier alpha value is -1.88. The Bertz CT molecular complexity index is 686. The van der Waals surface area contributed by atoms with Crippen molar-refractivity contribution in [3.05, 3.63) is 56.2 Å². The van der Waals surface area contributed by atoms with E-state index in [1.54, 1.807) is 0 Å². The first-order valence-corrected chi connectivity index (χ1v) is 7.11. The van der Waals surface area contributed by atoms with Gasteiger partial charge in [0, 0.05) is 17.7 Å². The predicted molar refractivity (Wildman–Crippen MR) is 82.0 cm³/mol. The summed E-state index contributed by atoms with van der Waals surface area (Å²) >= 11 is 5.00. The molecule has 1 aromatic heterocycles. The molecule has 0 bridgehead atoms. The third kappa shape index (κ3) is 3.36. The lowest BCUT2D eigenvalue weighted by Crippen LogP contribution is -2.18. The SMILES string of the molecule is CCOc1ccc(Cc2c(CC)[nH]c(=S)[nH]c2=O)cc1. The maximum atomic E-state index is 12.0. The van der Waals surface area contributed by atoms with E-state index in [0.29, 0.717) is 17.8 Å². The maximum absolute atomic E-state index is 12.0. The van der Waals surface area contributed by atoms with E-state index in [1.807, 2.05) is 38.1 Å². The second-order valence-corrected chi connectivity index (χ2v) is 4.88. The Morgan fingerprint density at radius 1 is 1.15 bits per heavy atom. The molecular weight excluding hydrogens is 272 g/mol. The minimum Gasteiger partial charge on any atom is -0.494 e. The van der Waals surface area contributed by atoms with Crippen LogP contribution >= 0.6 is 12.2 Å². The molecule has 2 N–H and O–H groups in total. The van der Waals surface area contributed by atoms with Crippen LogP contribution in [0.4, 0.5) is 0 Å². The van der Waals surface area contributed by atoms with Crippen LogP contribution < -0.4 is 10.3 Å². The summed E-state index contributed by atoms with van der Waals surface area (Å²) in [5.74, 6) is 0.841. The molecule has 0 fully saturated rings. The minimum absolute atomic E-state index is 0.112. The Kier molecular flexibility index (Phi) is 4.74. The average molecular weight is 290 g/mol. The van der Waals surface area contributed by atoms with Crippen LogP contribution in [0.2, 0.25) is 0 Å². The summed E-state index contributed by atoms with van der Waals surface area (Å²) in [7, 11) is 0. The predicted octanol–water partition coefficient (Wildman–Crippen LogP) is 2.98. The monoisotopic (exact) mass is 290 g/mol. The second kappa shape index (κ2) is 6.52. The first-order valence-electron chi connectivity index (χ1n) is 6.70. The van der Waals surface area contributed by atoms with E-state index in [9.17, 15) is 4.79 Å². The van der Waals surface area contributed by atoms with Gasteiger partial charge in [-0.05, 0) is 43.3 Å². The lowest BCUT2D eigenvalue weighted by Gasteiger charge is -2.08. The van der Waals surface area contributed by atoms with Crippen molar-refractivity contribution < 1.29 is 4.74 Å². The molecule has 5 heteroatoms. The summed E-state index contributed by atoms with van der Waals surface area (Å²) in [5.41, 5.74) is 2.59. The number of benzene rings is 1. The van der Waals surface area contributed by atoms with Crippen molar-refractivity contribution in [2.75, 3.05) is 6.61 Å². The van der Waals surface area contributed by atoms with Crippen LogP contribution in [-0.4, -0.2) is 16.6 Å². The normalized spacial score (nSPS) is 10.5. The van der Waals surface area contributed by atoms with E-state index in [4.69, 9.17) is 17.0 Å². The highest BCUT2D eigenvalue weighted by molar-refractivity contribution is 7.71. The Labute approximate surface area is 122 Å². The smallest absolute Gasteiger partial charge is 0.255 e. The van der Waals surface area contributed by atoms with Gasteiger partial charge in [0.2, 0.25) is 0 Å². The summed E-state index contributed by atoms with van der Waals surface area (Å²) in [6.45, 7) is 4.60. The van der Waals surface area contributed by atoms with E-state index in [2.05, 4.69) is 9.97 Å². The number of hydrogen-bond donors (Lipinski definition) is 2. The topological polar surface area (TPSA) is 57.9 Å². The summed E-state index contributed by atoms with van der Waals surface area (Å²) < 4.78 is 5.78. The van der Waals surface area contributed by atoms with Crippen molar-refractivity contribution in [2.24, 2.45) is 0 Å². The van der Waals surface area contributed by atoms with Crippen LogP contribution in [0.5, 0.6) is 5.75 Å². The highest BCUT2D eigenvalue weighted by Crippen LogP contribution is 2.15. The Morgan fingerprint density at radius 3 is 2.45 bits per heavy atom. The molecule has 0 spiro atoms. The van der Waals surface area contributed by atoms with Gasteiger partial charge in [0.05, 0.1) is 6.61 Å². The first kappa shape index (κ1) is 14.5. The summed E-state index contributed by atoms with van der Waals surface area (Å²) in [5, 5.41) is 0. The van der Waals surface area contributed by atoms with Crippen molar-refractivity contribution in [1.29, 1.82) is 0 Å². The molecule has 2 rings (SSSR count). The summed E-state index contributed by atoms with van der Waals surface area (Å²) in [6.07, 6.45) is 1.33. The van der Waals surface area contributed by atoms with E-state index in [0.717, 1.165) is 29.0 Å². The zero-order valence-electron chi connectivity index (χ0n) is 11.7. The minimum atomic E-state index is -0.112. The van der Waals surface area contributed by atoms with E-state index in [-0.39, 0.29) is 5.56 Å².